The molecule has 3 N–H and O–H groups in total. The van der Waals surface area contributed by atoms with Gasteiger partial charge in [0, 0.05) is 35.6 Å². The third-order valence-corrected chi connectivity index (χ3v) is 4.83. The molecular formula is C23H20N2O3. The van der Waals surface area contributed by atoms with Crippen LogP contribution in [0.3, 0.4) is 0 Å². The monoisotopic (exact) mass is 372 g/mol. The minimum Gasteiger partial charge on any atom is -0.395 e. The number of aliphatic hydroxyl groups is 1. The van der Waals surface area contributed by atoms with Crippen LogP contribution in [0, 0.1) is 0 Å². The molecule has 0 heterocycles. The molecule has 0 radical (unpaired) electrons. The van der Waals surface area contributed by atoms with Gasteiger partial charge in [0.2, 0.25) is 0 Å². The fourth-order valence-corrected chi connectivity index (χ4v) is 3.50. The van der Waals surface area contributed by atoms with Crippen LogP contribution < -0.4 is 10.6 Å². The minimum atomic E-state index is -0.186. The SMILES string of the molecule is O=C1c2ccccc2C(=O)c2c(NCc3ccccc3)ccc(NCCO)c21. The van der Waals surface area contributed by atoms with Gasteiger partial charge in [-0.25, -0.2) is 0 Å². The van der Waals surface area contributed by atoms with Crippen LogP contribution in [0.5, 0.6) is 0 Å². The lowest BCUT2D eigenvalue weighted by molar-refractivity contribution is 0.0980. The van der Waals surface area contributed by atoms with Gasteiger partial charge in [0.05, 0.1) is 17.7 Å². The summed E-state index contributed by atoms with van der Waals surface area (Å²) in [6.07, 6.45) is 0. The minimum absolute atomic E-state index is 0.0680. The number of ketones is 2. The lowest BCUT2D eigenvalue weighted by Crippen LogP contribution is -2.24. The molecule has 4 rings (SSSR count). The van der Waals surface area contributed by atoms with Crippen molar-refractivity contribution in [3.05, 3.63) is 94.5 Å². The molecule has 0 unspecified atom stereocenters. The van der Waals surface area contributed by atoms with E-state index in [0.717, 1.165) is 5.56 Å². The van der Waals surface area contributed by atoms with Crippen LogP contribution in [-0.2, 0) is 6.54 Å². The predicted octanol–water partition coefficient (Wildman–Crippen LogP) is 3.48. The van der Waals surface area contributed by atoms with E-state index in [4.69, 9.17) is 5.11 Å². The van der Waals surface area contributed by atoms with Gasteiger partial charge in [-0.2, -0.15) is 0 Å². The van der Waals surface area contributed by atoms with Crippen LogP contribution >= 0.6 is 0 Å². The van der Waals surface area contributed by atoms with Gasteiger partial charge in [-0.15, -0.1) is 0 Å². The second-order valence-corrected chi connectivity index (χ2v) is 6.60. The molecule has 0 atom stereocenters. The van der Waals surface area contributed by atoms with E-state index in [0.29, 0.717) is 46.7 Å². The number of hydrogen-bond acceptors (Lipinski definition) is 5. The van der Waals surface area contributed by atoms with Gasteiger partial charge in [0.25, 0.3) is 0 Å². The smallest absolute Gasteiger partial charge is 0.196 e. The summed E-state index contributed by atoms with van der Waals surface area (Å²) in [6, 6.07) is 20.3. The topological polar surface area (TPSA) is 78.4 Å². The van der Waals surface area contributed by atoms with E-state index in [1.165, 1.54) is 0 Å². The van der Waals surface area contributed by atoms with E-state index in [1.54, 1.807) is 36.4 Å². The van der Waals surface area contributed by atoms with Crippen molar-refractivity contribution >= 4 is 22.9 Å². The molecule has 28 heavy (non-hydrogen) atoms. The average molecular weight is 372 g/mol. The molecule has 0 amide bonds. The van der Waals surface area contributed by atoms with Crippen LogP contribution in [0.15, 0.2) is 66.7 Å². The van der Waals surface area contributed by atoms with Gasteiger partial charge in [0.1, 0.15) is 0 Å². The molecule has 1 aliphatic rings. The molecule has 1 aliphatic carbocycles. The molecule has 3 aromatic rings. The number of fused-ring (bicyclic) bond motifs is 2. The number of carbonyl (C=O) groups excluding carboxylic acids is 2. The summed E-state index contributed by atoms with van der Waals surface area (Å²) in [7, 11) is 0. The van der Waals surface area contributed by atoms with Crippen LogP contribution in [-0.4, -0.2) is 29.8 Å². The molecule has 5 heteroatoms. The quantitative estimate of drug-likeness (QED) is 0.483. The molecule has 0 saturated carbocycles. The van der Waals surface area contributed by atoms with Gasteiger partial charge in [-0.05, 0) is 17.7 Å². The molecule has 5 nitrogen and oxygen atoms in total. The number of rotatable bonds is 6. The van der Waals surface area contributed by atoms with Crippen LogP contribution in [0.25, 0.3) is 0 Å². The van der Waals surface area contributed by atoms with Crippen molar-refractivity contribution < 1.29 is 14.7 Å². The number of anilines is 2. The summed E-state index contributed by atoms with van der Waals surface area (Å²) < 4.78 is 0. The van der Waals surface area contributed by atoms with E-state index in [1.807, 2.05) is 30.3 Å². The van der Waals surface area contributed by atoms with E-state index in [2.05, 4.69) is 10.6 Å². The fraction of sp³-hybridized carbons (Fsp3) is 0.130. The van der Waals surface area contributed by atoms with Crippen LogP contribution in [0.4, 0.5) is 11.4 Å². The third kappa shape index (κ3) is 3.17. The number of benzene rings is 3. The summed E-state index contributed by atoms with van der Waals surface area (Å²) in [5.74, 6) is -0.359. The Morgan fingerprint density at radius 3 is 1.79 bits per heavy atom. The van der Waals surface area contributed by atoms with Gasteiger partial charge in [-0.3, -0.25) is 9.59 Å². The first kappa shape index (κ1) is 17.9. The van der Waals surface area contributed by atoms with Crippen molar-refractivity contribution in [3.8, 4) is 0 Å². The summed E-state index contributed by atoms with van der Waals surface area (Å²) in [5, 5.41) is 15.5. The Morgan fingerprint density at radius 2 is 1.21 bits per heavy atom. The first-order chi connectivity index (χ1) is 13.7. The van der Waals surface area contributed by atoms with Crippen molar-refractivity contribution in [2.75, 3.05) is 23.8 Å². The Hall–Kier alpha value is -3.44. The molecule has 0 spiro atoms. The third-order valence-electron chi connectivity index (χ3n) is 4.83. The zero-order valence-electron chi connectivity index (χ0n) is 15.2. The highest BCUT2D eigenvalue weighted by atomic mass is 16.3. The summed E-state index contributed by atoms with van der Waals surface area (Å²) in [4.78, 5) is 26.4. The number of hydrogen-bond donors (Lipinski definition) is 3. The zero-order chi connectivity index (χ0) is 19.5. The average Bonchev–Trinajstić information content (AvgIpc) is 2.75. The largest absolute Gasteiger partial charge is 0.395 e. The Kier molecular flexibility index (Phi) is 4.91. The highest BCUT2D eigenvalue weighted by Crippen LogP contribution is 2.36. The zero-order valence-corrected chi connectivity index (χ0v) is 15.2. The molecule has 0 bridgehead atoms. The maximum atomic E-state index is 13.2. The molecule has 0 saturated heterocycles. The standard InChI is InChI=1S/C23H20N2O3/c26-13-12-24-18-10-11-19(25-14-15-6-2-1-3-7-15)21-20(18)22(27)16-8-4-5-9-17(16)23(21)28/h1-11,24-26H,12-14H2. The van der Waals surface area contributed by atoms with E-state index in [-0.39, 0.29) is 18.2 Å². The van der Waals surface area contributed by atoms with Gasteiger partial charge in [-0.1, -0.05) is 54.6 Å². The Balaban J connectivity index is 1.79. The van der Waals surface area contributed by atoms with Gasteiger partial charge < -0.3 is 15.7 Å². The highest BCUT2D eigenvalue weighted by molar-refractivity contribution is 6.31. The maximum absolute atomic E-state index is 13.2. The lowest BCUT2D eigenvalue weighted by atomic mass is 9.82. The number of carbonyl (C=O) groups is 2. The highest BCUT2D eigenvalue weighted by Gasteiger charge is 2.33. The summed E-state index contributed by atoms with van der Waals surface area (Å²) in [6.45, 7) is 0.771. The van der Waals surface area contributed by atoms with Crippen molar-refractivity contribution in [2.45, 2.75) is 6.54 Å². The van der Waals surface area contributed by atoms with Crippen molar-refractivity contribution in [1.29, 1.82) is 0 Å². The molecule has 0 aromatic heterocycles. The first-order valence-corrected chi connectivity index (χ1v) is 9.18. The molecule has 0 aliphatic heterocycles. The Morgan fingerprint density at radius 1 is 0.679 bits per heavy atom. The Bertz CT molecular complexity index is 1040. The molecular weight excluding hydrogens is 352 g/mol. The van der Waals surface area contributed by atoms with Crippen LogP contribution in [0.1, 0.15) is 37.4 Å². The molecule has 3 aromatic carbocycles. The fourth-order valence-electron chi connectivity index (χ4n) is 3.50. The number of nitrogens with one attached hydrogen (secondary N) is 2. The second-order valence-electron chi connectivity index (χ2n) is 6.60. The first-order valence-electron chi connectivity index (χ1n) is 9.18. The van der Waals surface area contributed by atoms with E-state index in [9.17, 15) is 9.59 Å². The Labute approximate surface area is 163 Å². The van der Waals surface area contributed by atoms with Gasteiger partial charge in [0.15, 0.2) is 11.6 Å². The van der Waals surface area contributed by atoms with Crippen LogP contribution in [0.2, 0.25) is 0 Å². The van der Waals surface area contributed by atoms with Crippen molar-refractivity contribution in [3.63, 3.8) is 0 Å². The second kappa shape index (κ2) is 7.66. The lowest BCUT2D eigenvalue weighted by Gasteiger charge is -2.23. The van der Waals surface area contributed by atoms with Crippen molar-refractivity contribution in [1.82, 2.24) is 0 Å². The number of aliphatic hydroxyl groups excluding tert-OH is 1. The summed E-state index contributed by atoms with van der Waals surface area (Å²) >= 11 is 0. The van der Waals surface area contributed by atoms with E-state index >= 15 is 0 Å². The molecule has 0 fully saturated rings. The van der Waals surface area contributed by atoms with Crippen molar-refractivity contribution in [2.24, 2.45) is 0 Å². The normalized spacial score (nSPS) is 12.3. The van der Waals surface area contributed by atoms with E-state index < -0.39 is 0 Å². The van der Waals surface area contributed by atoms with Gasteiger partial charge >= 0.3 is 0 Å². The summed E-state index contributed by atoms with van der Waals surface area (Å²) in [5.41, 5.74) is 3.82. The maximum Gasteiger partial charge on any atom is 0.196 e. The molecule has 140 valence electrons. The predicted molar refractivity (Wildman–Crippen MR) is 109 cm³/mol.